The fraction of sp³-hybridized carbons (Fsp3) is 0.474. The number of nitrogens with zero attached hydrogens (tertiary/aromatic N) is 4. The maximum absolute atomic E-state index is 13.2. The minimum atomic E-state index is 0.110. The van der Waals surface area contributed by atoms with Crippen molar-refractivity contribution in [3.8, 4) is 5.69 Å². The van der Waals surface area contributed by atoms with Gasteiger partial charge < -0.3 is 9.80 Å². The quantitative estimate of drug-likeness (QED) is 0.871. The third-order valence-corrected chi connectivity index (χ3v) is 5.47. The number of benzene rings is 1. The molecular formula is C19H24N4O. The SMILES string of the molecule is CN1CCC[C@H]1[C@@H]1CCCN1C(=O)c1cncn1-c1ccccc1. The van der Waals surface area contributed by atoms with Crippen LogP contribution >= 0.6 is 0 Å². The van der Waals surface area contributed by atoms with Crippen molar-refractivity contribution in [3.63, 3.8) is 0 Å². The summed E-state index contributed by atoms with van der Waals surface area (Å²) < 4.78 is 1.90. The van der Waals surface area contributed by atoms with Crippen LogP contribution in [0.2, 0.25) is 0 Å². The van der Waals surface area contributed by atoms with E-state index >= 15 is 0 Å². The molecule has 0 unspecified atom stereocenters. The predicted octanol–water partition coefficient (Wildman–Crippen LogP) is 2.57. The third kappa shape index (κ3) is 2.63. The highest BCUT2D eigenvalue weighted by Gasteiger charge is 2.39. The second-order valence-corrected chi connectivity index (χ2v) is 6.88. The first-order valence-electron chi connectivity index (χ1n) is 8.84. The topological polar surface area (TPSA) is 41.4 Å². The zero-order valence-electron chi connectivity index (χ0n) is 14.1. The van der Waals surface area contributed by atoms with Crippen LogP contribution in [0.25, 0.3) is 5.69 Å². The Labute approximate surface area is 142 Å². The molecule has 2 aliphatic heterocycles. The van der Waals surface area contributed by atoms with E-state index in [4.69, 9.17) is 0 Å². The highest BCUT2D eigenvalue weighted by Crippen LogP contribution is 2.30. The van der Waals surface area contributed by atoms with E-state index in [0.717, 1.165) is 31.6 Å². The van der Waals surface area contributed by atoms with Crippen molar-refractivity contribution in [2.24, 2.45) is 0 Å². The first kappa shape index (κ1) is 15.4. The van der Waals surface area contributed by atoms with Gasteiger partial charge in [0.1, 0.15) is 5.69 Å². The molecule has 2 fully saturated rings. The fourth-order valence-electron chi connectivity index (χ4n) is 4.26. The van der Waals surface area contributed by atoms with Gasteiger partial charge in [-0.2, -0.15) is 0 Å². The Hall–Kier alpha value is -2.14. The maximum atomic E-state index is 13.2. The average Bonchev–Trinajstić information content (AvgIpc) is 3.34. The Bertz CT molecular complexity index is 711. The zero-order valence-corrected chi connectivity index (χ0v) is 14.1. The standard InChI is InChI=1S/C19H24N4O/c1-21-11-5-9-16(21)17-10-6-12-22(17)19(24)18-13-20-14-23(18)15-7-3-2-4-8-15/h2-4,7-8,13-14,16-17H,5-6,9-12H2,1H3/t16-,17-/m0/s1. The number of carbonyl (C=O) groups excluding carboxylic acids is 1. The Balaban J connectivity index is 1.61. The summed E-state index contributed by atoms with van der Waals surface area (Å²) in [5.74, 6) is 0.110. The largest absolute Gasteiger partial charge is 0.333 e. The van der Waals surface area contributed by atoms with Crippen molar-refractivity contribution < 1.29 is 4.79 Å². The summed E-state index contributed by atoms with van der Waals surface area (Å²) in [5, 5.41) is 0. The highest BCUT2D eigenvalue weighted by atomic mass is 16.2. The molecule has 0 aliphatic carbocycles. The summed E-state index contributed by atoms with van der Waals surface area (Å²) in [6.07, 6.45) is 8.07. The van der Waals surface area contributed by atoms with E-state index < -0.39 is 0 Å². The summed E-state index contributed by atoms with van der Waals surface area (Å²) in [4.78, 5) is 22.0. The van der Waals surface area contributed by atoms with Gasteiger partial charge in [-0.1, -0.05) is 18.2 Å². The fourth-order valence-corrected chi connectivity index (χ4v) is 4.26. The minimum Gasteiger partial charge on any atom is -0.333 e. The second kappa shape index (κ2) is 6.40. The molecule has 2 aromatic rings. The molecule has 0 bridgehead atoms. The smallest absolute Gasteiger partial charge is 0.272 e. The average molecular weight is 324 g/mol. The molecule has 2 saturated heterocycles. The second-order valence-electron chi connectivity index (χ2n) is 6.88. The van der Waals surface area contributed by atoms with E-state index in [2.05, 4.69) is 21.8 Å². The molecule has 1 amide bonds. The van der Waals surface area contributed by atoms with Crippen molar-refractivity contribution >= 4 is 5.91 Å². The van der Waals surface area contributed by atoms with E-state index in [-0.39, 0.29) is 5.91 Å². The first-order valence-corrected chi connectivity index (χ1v) is 8.84. The molecule has 1 aromatic carbocycles. The first-order chi connectivity index (χ1) is 11.8. The number of carbonyl (C=O) groups is 1. The molecule has 126 valence electrons. The maximum Gasteiger partial charge on any atom is 0.272 e. The summed E-state index contributed by atoms with van der Waals surface area (Å²) in [7, 11) is 2.19. The lowest BCUT2D eigenvalue weighted by atomic mass is 10.0. The van der Waals surface area contributed by atoms with Gasteiger partial charge in [-0.05, 0) is 51.4 Å². The predicted molar refractivity (Wildman–Crippen MR) is 93.3 cm³/mol. The molecule has 1 aromatic heterocycles. The number of amides is 1. The molecule has 24 heavy (non-hydrogen) atoms. The van der Waals surface area contributed by atoms with Crippen molar-refractivity contribution in [2.45, 2.75) is 37.8 Å². The monoisotopic (exact) mass is 324 g/mol. The minimum absolute atomic E-state index is 0.110. The molecule has 0 saturated carbocycles. The van der Waals surface area contributed by atoms with Crippen LogP contribution in [-0.2, 0) is 0 Å². The number of likely N-dealkylation sites (tertiary alicyclic amines) is 2. The van der Waals surface area contributed by atoms with Crippen LogP contribution in [0.1, 0.15) is 36.2 Å². The summed E-state index contributed by atoms with van der Waals surface area (Å²) in [5.41, 5.74) is 1.64. The zero-order chi connectivity index (χ0) is 16.5. The molecule has 5 heteroatoms. The number of rotatable bonds is 3. The molecule has 2 aliphatic rings. The lowest BCUT2D eigenvalue weighted by molar-refractivity contribution is 0.0656. The van der Waals surface area contributed by atoms with Crippen LogP contribution in [0.3, 0.4) is 0 Å². The van der Waals surface area contributed by atoms with Crippen LogP contribution < -0.4 is 0 Å². The van der Waals surface area contributed by atoms with Gasteiger partial charge >= 0.3 is 0 Å². The van der Waals surface area contributed by atoms with E-state index in [9.17, 15) is 4.79 Å². The summed E-state index contributed by atoms with van der Waals surface area (Å²) in [6.45, 7) is 2.00. The van der Waals surface area contributed by atoms with Crippen LogP contribution in [0, 0.1) is 0 Å². The molecule has 4 rings (SSSR count). The molecule has 0 N–H and O–H groups in total. The summed E-state index contributed by atoms with van der Waals surface area (Å²) >= 11 is 0. The number of hydrogen-bond donors (Lipinski definition) is 0. The normalized spacial score (nSPS) is 24.6. The number of likely N-dealkylation sites (N-methyl/N-ethyl adjacent to an activating group) is 1. The van der Waals surface area contributed by atoms with E-state index in [0.29, 0.717) is 17.8 Å². The van der Waals surface area contributed by atoms with Crippen LogP contribution in [0.4, 0.5) is 0 Å². The van der Waals surface area contributed by atoms with E-state index in [1.807, 2.05) is 34.9 Å². The Morgan fingerprint density at radius 3 is 2.58 bits per heavy atom. The third-order valence-electron chi connectivity index (χ3n) is 5.47. The molecular weight excluding hydrogens is 300 g/mol. The number of hydrogen-bond acceptors (Lipinski definition) is 3. The van der Waals surface area contributed by atoms with Gasteiger partial charge in [0.2, 0.25) is 0 Å². The van der Waals surface area contributed by atoms with Crippen molar-refractivity contribution in [1.82, 2.24) is 19.4 Å². The van der Waals surface area contributed by atoms with Crippen LogP contribution in [0.15, 0.2) is 42.9 Å². The van der Waals surface area contributed by atoms with Gasteiger partial charge in [-0.15, -0.1) is 0 Å². The molecule has 0 radical (unpaired) electrons. The Morgan fingerprint density at radius 2 is 1.83 bits per heavy atom. The van der Waals surface area contributed by atoms with Gasteiger partial charge in [0.15, 0.2) is 0 Å². The van der Waals surface area contributed by atoms with Crippen molar-refractivity contribution in [2.75, 3.05) is 20.1 Å². The Morgan fingerprint density at radius 1 is 1.08 bits per heavy atom. The van der Waals surface area contributed by atoms with E-state index in [1.54, 1.807) is 12.5 Å². The Kier molecular flexibility index (Phi) is 4.10. The summed E-state index contributed by atoms with van der Waals surface area (Å²) in [6, 6.07) is 10.8. The van der Waals surface area contributed by atoms with Crippen LogP contribution in [-0.4, -0.2) is 57.5 Å². The number of para-hydroxylation sites is 1. The van der Waals surface area contributed by atoms with Crippen molar-refractivity contribution in [1.29, 1.82) is 0 Å². The lowest BCUT2D eigenvalue weighted by Crippen LogP contribution is -2.47. The highest BCUT2D eigenvalue weighted by molar-refractivity contribution is 5.93. The van der Waals surface area contributed by atoms with Gasteiger partial charge in [-0.25, -0.2) is 4.98 Å². The molecule has 5 nitrogen and oxygen atoms in total. The van der Waals surface area contributed by atoms with Gasteiger partial charge in [0, 0.05) is 24.3 Å². The molecule has 2 atom stereocenters. The number of imidazole rings is 1. The number of aromatic nitrogens is 2. The molecule has 0 spiro atoms. The van der Waals surface area contributed by atoms with Crippen molar-refractivity contribution in [3.05, 3.63) is 48.5 Å². The van der Waals surface area contributed by atoms with Gasteiger partial charge in [-0.3, -0.25) is 9.36 Å². The van der Waals surface area contributed by atoms with E-state index in [1.165, 1.54) is 12.8 Å². The lowest BCUT2D eigenvalue weighted by Gasteiger charge is -2.33. The van der Waals surface area contributed by atoms with Crippen LogP contribution in [0.5, 0.6) is 0 Å². The molecule has 3 heterocycles. The van der Waals surface area contributed by atoms with Gasteiger partial charge in [0.05, 0.1) is 12.5 Å². The van der Waals surface area contributed by atoms with Gasteiger partial charge in [0.25, 0.3) is 5.91 Å².